The summed E-state index contributed by atoms with van der Waals surface area (Å²) >= 11 is 0. The number of carbonyl (C=O) groups excluding carboxylic acids is 1. The molecular formula is C16H24N4O2. The molecule has 1 aromatic rings. The molecule has 1 spiro atoms. The summed E-state index contributed by atoms with van der Waals surface area (Å²) < 4.78 is 5.76. The Bertz CT molecular complexity index is 568. The Morgan fingerprint density at radius 3 is 2.91 bits per heavy atom. The van der Waals surface area contributed by atoms with Crippen molar-refractivity contribution in [3.05, 3.63) is 11.8 Å². The Labute approximate surface area is 130 Å². The Balaban J connectivity index is 1.41. The van der Waals surface area contributed by atoms with Crippen LogP contribution in [0.3, 0.4) is 0 Å². The van der Waals surface area contributed by atoms with E-state index in [1.165, 1.54) is 12.8 Å². The lowest BCUT2D eigenvalue weighted by Crippen LogP contribution is -2.49. The van der Waals surface area contributed by atoms with E-state index in [1.54, 1.807) is 0 Å². The molecule has 3 heterocycles. The van der Waals surface area contributed by atoms with Crippen LogP contribution in [-0.2, 0) is 11.3 Å². The van der Waals surface area contributed by atoms with E-state index in [0.717, 1.165) is 51.3 Å². The van der Waals surface area contributed by atoms with Crippen molar-refractivity contribution in [3.8, 4) is 0 Å². The van der Waals surface area contributed by atoms with E-state index in [4.69, 9.17) is 4.42 Å². The van der Waals surface area contributed by atoms with Crippen LogP contribution in [0.4, 0.5) is 0 Å². The molecule has 0 bridgehead atoms. The van der Waals surface area contributed by atoms with Crippen molar-refractivity contribution in [1.82, 2.24) is 20.0 Å². The summed E-state index contributed by atoms with van der Waals surface area (Å²) in [5.41, 5.74) is -0.159. The standard InChI is InChI=1S/C16H24N4O2/c1-2-20-8-3-6-16(15(20)21)7-9-19(11-16)10-13-17-18-14(22-13)12-4-5-12/h12H,2-11H2,1H3/t16-/m1/s1. The minimum Gasteiger partial charge on any atom is -0.424 e. The highest BCUT2D eigenvalue weighted by Gasteiger charge is 2.48. The second-order valence-corrected chi connectivity index (χ2v) is 7.04. The van der Waals surface area contributed by atoms with Crippen molar-refractivity contribution in [2.24, 2.45) is 5.41 Å². The van der Waals surface area contributed by atoms with Crippen LogP contribution in [-0.4, -0.2) is 52.1 Å². The van der Waals surface area contributed by atoms with E-state index >= 15 is 0 Å². The summed E-state index contributed by atoms with van der Waals surface area (Å²) in [6, 6.07) is 0. The molecule has 1 atom stereocenters. The fourth-order valence-electron chi connectivity index (χ4n) is 3.94. The Hall–Kier alpha value is -1.43. The number of aromatic nitrogens is 2. The third-order valence-corrected chi connectivity index (χ3v) is 5.41. The quantitative estimate of drug-likeness (QED) is 0.848. The highest BCUT2D eigenvalue weighted by atomic mass is 16.4. The molecule has 0 radical (unpaired) electrons. The Morgan fingerprint density at radius 1 is 1.27 bits per heavy atom. The van der Waals surface area contributed by atoms with Gasteiger partial charge >= 0.3 is 0 Å². The van der Waals surface area contributed by atoms with Crippen LogP contribution in [0, 0.1) is 5.41 Å². The van der Waals surface area contributed by atoms with Crippen LogP contribution in [0.5, 0.6) is 0 Å². The zero-order valence-electron chi connectivity index (χ0n) is 13.3. The molecule has 2 saturated heterocycles. The minimum absolute atomic E-state index is 0.159. The van der Waals surface area contributed by atoms with Gasteiger partial charge in [-0.2, -0.15) is 0 Å². The van der Waals surface area contributed by atoms with E-state index in [9.17, 15) is 4.79 Å². The van der Waals surface area contributed by atoms with E-state index < -0.39 is 0 Å². The maximum absolute atomic E-state index is 12.7. The van der Waals surface area contributed by atoms with Gasteiger partial charge in [-0.3, -0.25) is 9.69 Å². The molecule has 0 aromatic carbocycles. The van der Waals surface area contributed by atoms with Crippen LogP contribution < -0.4 is 0 Å². The summed E-state index contributed by atoms with van der Waals surface area (Å²) in [4.78, 5) is 17.1. The number of nitrogens with zero attached hydrogens (tertiary/aromatic N) is 4. The SMILES string of the molecule is CCN1CCC[C@]2(CCN(Cc3nnc(C4CC4)o3)C2)C1=O. The highest BCUT2D eigenvalue weighted by molar-refractivity contribution is 5.84. The highest BCUT2D eigenvalue weighted by Crippen LogP contribution is 2.41. The fourth-order valence-corrected chi connectivity index (χ4v) is 3.94. The predicted molar refractivity (Wildman–Crippen MR) is 80.1 cm³/mol. The molecule has 120 valence electrons. The van der Waals surface area contributed by atoms with Crippen molar-refractivity contribution in [2.75, 3.05) is 26.2 Å². The van der Waals surface area contributed by atoms with Crippen molar-refractivity contribution >= 4 is 5.91 Å². The second kappa shape index (κ2) is 5.33. The van der Waals surface area contributed by atoms with E-state index in [-0.39, 0.29) is 5.41 Å². The first-order valence-corrected chi connectivity index (χ1v) is 8.54. The number of hydrogen-bond acceptors (Lipinski definition) is 5. The Kier molecular flexibility index (Phi) is 3.44. The summed E-state index contributed by atoms with van der Waals surface area (Å²) in [6.07, 6.45) is 5.47. The molecule has 22 heavy (non-hydrogen) atoms. The van der Waals surface area contributed by atoms with Crippen molar-refractivity contribution in [3.63, 3.8) is 0 Å². The molecule has 1 amide bonds. The Morgan fingerprint density at radius 2 is 2.14 bits per heavy atom. The lowest BCUT2D eigenvalue weighted by molar-refractivity contribution is -0.145. The van der Waals surface area contributed by atoms with Crippen molar-refractivity contribution in [1.29, 1.82) is 0 Å². The van der Waals surface area contributed by atoms with Gasteiger partial charge in [-0.25, -0.2) is 0 Å². The molecule has 1 aromatic heterocycles. The van der Waals surface area contributed by atoms with Gasteiger partial charge in [0.15, 0.2) is 0 Å². The smallest absolute Gasteiger partial charge is 0.230 e. The molecule has 0 N–H and O–H groups in total. The van der Waals surface area contributed by atoms with Crippen LogP contribution in [0.1, 0.15) is 56.7 Å². The fraction of sp³-hybridized carbons (Fsp3) is 0.812. The largest absolute Gasteiger partial charge is 0.424 e. The third kappa shape index (κ3) is 2.43. The monoisotopic (exact) mass is 304 g/mol. The first-order chi connectivity index (χ1) is 10.7. The molecule has 1 saturated carbocycles. The lowest BCUT2D eigenvalue weighted by atomic mass is 9.78. The van der Waals surface area contributed by atoms with Crippen LogP contribution in [0.15, 0.2) is 4.42 Å². The minimum atomic E-state index is -0.159. The molecule has 4 rings (SSSR count). The number of carbonyl (C=O) groups is 1. The molecule has 6 heteroatoms. The maximum atomic E-state index is 12.7. The second-order valence-electron chi connectivity index (χ2n) is 7.04. The number of hydrogen-bond donors (Lipinski definition) is 0. The van der Waals surface area contributed by atoms with Gasteiger partial charge in [0.25, 0.3) is 0 Å². The van der Waals surface area contributed by atoms with Gasteiger partial charge in [0, 0.05) is 25.6 Å². The summed E-state index contributed by atoms with van der Waals surface area (Å²) in [5.74, 6) is 2.36. The lowest BCUT2D eigenvalue weighted by Gasteiger charge is -2.39. The van der Waals surface area contributed by atoms with Crippen molar-refractivity contribution < 1.29 is 9.21 Å². The first kappa shape index (κ1) is 14.2. The average Bonchev–Trinajstić information content (AvgIpc) is 3.15. The number of rotatable bonds is 4. The van der Waals surface area contributed by atoms with Gasteiger partial charge in [-0.1, -0.05) is 0 Å². The van der Waals surface area contributed by atoms with Gasteiger partial charge in [-0.15, -0.1) is 10.2 Å². The zero-order chi connectivity index (χ0) is 15.2. The van der Waals surface area contributed by atoms with Crippen LogP contribution in [0.2, 0.25) is 0 Å². The molecule has 6 nitrogen and oxygen atoms in total. The molecule has 2 aliphatic heterocycles. The third-order valence-electron chi connectivity index (χ3n) is 5.41. The molecule has 1 aliphatic carbocycles. The number of piperidine rings is 1. The summed E-state index contributed by atoms with van der Waals surface area (Å²) in [6.45, 7) is 6.29. The number of amides is 1. The maximum Gasteiger partial charge on any atom is 0.230 e. The number of likely N-dealkylation sites (tertiary alicyclic amines) is 2. The molecule has 3 aliphatic rings. The predicted octanol–water partition coefficient (Wildman–Crippen LogP) is 1.78. The van der Waals surface area contributed by atoms with E-state index in [1.807, 2.05) is 4.90 Å². The van der Waals surface area contributed by atoms with Gasteiger partial charge in [0.1, 0.15) is 0 Å². The van der Waals surface area contributed by atoms with Crippen LogP contribution in [0.25, 0.3) is 0 Å². The zero-order valence-corrected chi connectivity index (χ0v) is 13.3. The molecule has 0 unspecified atom stereocenters. The first-order valence-electron chi connectivity index (χ1n) is 8.54. The summed E-state index contributed by atoms with van der Waals surface area (Å²) in [5, 5.41) is 8.32. The normalized spacial score (nSPS) is 29.7. The van der Waals surface area contributed by atoms with Gasteiger partial charge < -0.3 is 9.32 Å². The van der Waals surface area contributed by atoms with Gasteiger partial charge in [0.2, 0.25) is 17.7 Å². The van der Waals surface area contributed by atoms with Gasteiger partial charge in [-0.05, 0) is 45.6 Å². The topological polar surface area (TPSA) is 62.5 Å². The molecular weight excluding hydrogens is 280 g/mol. The van der Waals surface area contributed by atoms with Crippen LogP contribution >= 0.6 is 0 Å². The van der Waals surface area contributed by atoms with E-state index in [2.05, 4.69) is 22.0 Å². The van der Waals surface area contributed by atoms with Gasteiger partial charge in [0.05, 0.1) is 12.0 Å². The average molecular weight is 304 g/mol. The summed E-state index contributed by atoms with van der Waals surface area (Å²) in [7, 11) is 0. The molecule has 3 fully saturated rings. The van der Waals surface area contributed by atoms with E-state index in [0.29, 0.717) is 24.3 Å². The van der Waals surface area contributed by atoms with Crippen molar-refractivity contribution in [2.45, 2.75) is 51.5 Å².